The minimum Gasteiger partial charge on any atom is -0.370 e. The lowest BCUT2D eigenvalue weighted by Gasteiger charge is -2.22. The Hall–Kier alpha value is -1.47. The van der Waals surface area contributed by atoms with Crippen LogP contribution in [0.4, 0.5) is 5.82 Å². The molecule has 88 valence electrons. The minimum atomic E-state index is -0.0734. The van der Waals surface area contributed by atoms with Crippen molar-refractivity contribution < 1.29 is 19.1 Å². The van der Waals surface area contributed by atoms with E-state index in [0.717, 1.165) is 13.1 Å². The average Bonchev–Trinajstić information content (AvgIpc) is 2.66. The van der Waals surface area contributed by atoms with Gasteiger partial charge in [0.05, 0.1) is 13.2 Å². The van der Waals surface area contributed by atoms with Crippen molar-refractivity contribution in [1.29, 1.82) is 0 Å². The topological polar surface area (TPSA) is 81.7 Å². The van der Waals surface area contributed by atoms with Gasteiger partial charge in [-0.3, -0.25) is 4.79 Å². The first-order chi connectivity index (χ1) is 7.75. The number of quaternary nitrogens is 1. The van der Waals surface area contributed by atoms with Gasteiger partial charge >= 0.3 is 0 Å². The van der Waals surface area contributed by atoms with Crippen LogP contribution in [0.3, 0.4) is 0 Å². The summed E-state index contributed by atoms with van der Waals surface area (Å²) >= 11 is 0. The third-order valence-electron chi connectivity index (χ3n) is 2.52. The molecule has 7 nitrogen and oxygen atoms in total. The Morgan fingerprint density at radius 3 is 2.81 bits per heavy atom. The number of ether oxygens (including phenoxy) is 1. The lowest BCUT2D eigenvalue weighted by Crippen LogP contribution is -3.15. The van der Waals surface area contributed by atoms with E-state index in [0.29, 0.717) is 31.3 Å². The highest BCUT2D eigenvalue weighted by Gasteiger charge is 2.19. The third-order valence-corrected chi connectivity index (χ3v) is 2.52. The zero-order valence-electron chi connectivity index (χ0n) is 9.15. The van der Waals surface area contributed by atoms with E-state index in [9.17, 15) is 4.79 Å². The summed E-state index contributed by atoms with van der Waals surface area (Å²) in [5.74, 6) is 0.327. The summed E-state index contributed by atoms with van der Waals surface area (Å²) in [6, 6.07) is 0. The molecule has 1 amide bonds. The smallest absolute Gasteiger partial charge is 0.280 e. The molecule has 1 fully saturated rings. The molecule has 0 unspecified atom stereocenters. The van der Waals surface area contributed by atoms with Crippen molar-refractivity contribution in [2.75, 3.05) is 38.2 Å². The van der Waals surface area contributed by atoms with Crippen molar-refractivity contribution in [3.05, 3.63) is 5.69 Å². The van der Waals surface area contributed by atoms with Crippen molar-refractivity contribution >= 4 is 11.7 Å². The number of aryl methyl sites for hydroxylation is 1. The number of anilines is 1. The molecule has 1 aliphatic rings. The Morgan fingerprint density at radius 2 is 2.19 bits per heavy atom. The fraction of sp³-hybridized carbons (Fsp3) is 0.667. The van der Waals surface area contributed by atoms with Gasteiger partial charge < -0.3 is 15.0 Å². The molecule has 2 N–H and O–H groups in total. The fourth-order valence-electron chi connectivity index (χ4n) is 1.59. The molecule has 16 heavy (non-hydrogen) atoms. The second-order valence-electron chi connectivity index (χ2n) is 3.79. The van der Waals surface area contributed by atoms with E-state index in [2.05, 4.69) is 20.3 Å². The predicted molar refractivity (Wildman–Crippen MR) is 54.0 cm³/mol. The number of nitrogens with zero attached hydrogens (tertiary/aromatic N) is 2. The second kappa shape index (κ2) is 5.04. The number of nitrogens with one attached hydrogen (secondary N) is 2. The Kier molecular flexibility index (Phi) is 3.47. The summed E-state index contributed by atoms with van der Waals surface area (Å²) < 4.78 is 9.71. The summed E-state index contributed by atoms with van der Waals surface area (Å²) in [6.07, 6.45) is 0. The molecule has 0 atom stereocenters. The van der Waals surface area contributed by atoms with E-state index in [1.165, 1.54) is 4.90 Å². The van der Waals surface area contributed by atoms with Gasteiger partial charge in [0.15, 0.2) is 6.54 Å². The summed E-state index contributed by atoms with van der Waals surface area (Å²) in [5.41, 5.74) is 0.588. The monoisotopic (exact) mass is 227 g/mol. The van der Waals surface area contributed by atoms with Gasteiger partial charge in [0.1, 0.15) is 18.8 Å². The van der Waals surface area contributed by atoms with Crippen LogP contribution in [0.5, 0.6) is 0 Å². The highest BCUT2D eigenvalue weighted by Crippen LogP contribution is 2.05. The lowest BCUT2D eigenvalue weighted by molar-refractivity contribution is -0.899. The molecule has 0 saturated carbocycles. The summed E-state index contributed by atoms with van der Waals surface area (Å²) in [7, 11) is 0. The Balaban J connectivity index is 1.82. The van der Waals surface area contributed by atoms with Crippen molar-refractivity contribution in [3.63, 3.8) is 0 Å². The number of rotatable bonds is 3. The quantitative estimate of drug-likeness (QED) is 0.639. The number of hydrogen-bond acceptors (Lipinski definition) is 5. The van der Waals surface area contributed by atoms with Crippen LogP contribution in [0.25, 0.3) is 0 Å². The highest BCUT2D eigenvalue weighted by atomic mass is 16.6. The van der Waals surface area contributed by atoms with Crippen LogP contribution >= 0.6 is 0 Å². The van der Waals surface area contributed by atoms with E-state index < -0.39 is 0 Å². The van der Waals surface area contributed by atoms with Gasteiger partial charge in [-0.1, -0.05) is 5.16 Å². The molecule has 1 aromatic rings. The number of carbonyl (C=O) groups excluding carboxylic acids is 1. The Labute approximate surface area is 92.7 Å². The number of morpholine rings is 1. The van der Waals surface area contributed by atoms with Crippen molar-refractivity contribution in [3.8, 4) is 0 Å². The zero-order chi connectivity index (χ0) is 11.4. The molecule has 0 spiro atoms. The maximum Gasteiger partial charge on any atom is 0.280 e. The van der Waals surface area contributed by atoms with Crippen LogP contribution in [0.1, 0.15) is 5.69 Å². The van der Waals surface area contributed by atoms with E-state index >= 15 is 0 Å². The fourth-order valence-corrected chi connectivity index (χ4v) is 1.59. The Bertz CT molecular complexity index is 359. The number of aromatic nitrogens is 2. The van der Waals surface area contributed by atoms with Crippen LogP contribution in [-0.2, 0) is 9.53 Å². The number of amides is 1. The van der Waals surface area contributed by atoms with Gasteiger partial charge in [-0.15, -0.1) is 0 Å². The van der Waals surface area contributed by atoms with Gasteiger partial charge in [0, 0.05) is 0 Å². The normalized spacial score (nSPS) is 17.3. The minimum absolute atomic E-state index is 0.0734. The molecule has 0 bridgehead atoms. The summed E-state index contributed by atoms with van der Waals surface area (Å²) in [4.78, 5) is 12.9. The first-order valence-corrected chi connectivity index (χ1v) is 5.26. The van der Waals surface area contributed by atoms with Crippen LogP contribution in [0.2, 0.25) is 0 Å². The largest absolute Gasteiger partial charge is 0.370 e. The molecule has 1 saturated heterocycles. The van der Waals surface area contributed by atoms with Crippen molar-refractivity contribution in [2.24, 2.45) is 0 Å². The van der Waals surface area contributed by atoms with Gasteiger partial charge in [-0.2, -0.15) is 0 Å². The molecular formula is C9H15N4O3+. The highest BCUT2D eigenvalue weighted by molar-refractivity contribution is 5.90. The van der Waals surface area contributed by atoms with Gasteiger partial charge in [-0.05, 0) is 12.1 Å². The van der Waals surface area contributed by atoms with Gasteiger partial charge in [0.25, 0.3) is 5.91 Å². The SMILES string of the molecule is Cc1nonc1NC(=O)C[NH+]1CCOCC1. The Morgan fingerprint density at radius 1 is 1.44 bits per heavy atom. The summed E-state index contributed by atoms with van der Waals surface area (Å²) in [6.45, 7) is 5.32. The molecule has 1 aromatic heterocycles. The number of carbonyl (C=O) groups is 1. The summed E-state index contributed by atoms with van der Waals surface area (Å²) in [5, 5.41) is 9.86. The van der Waals surface area contributed by atoms with Crippen molar-refractivity contribution in [1.82, 2.24) is 10.3 Å². The molecule has 1 aliphatic heterocycles. The zero-order valence-corrected chi connectivity index (χ0v) is 9.15. The molecule has 0 aliphatic carbocycles. The van der Waals surface area contributed by atoms with Gasteiger partial charge in [0.2, 0.25) is 5.82 Å². The molecule has 2 heterocycles. The molecular weight excluding hydrogens is 212 g/mol. The molecule has 2 rings (SSSR count). The van der Waals surface area contributed by atoms with E-state index in [1.807, 2.05) is 0 Å². The molecule has 7 heteroatoms. The van der Waals surface area contributed by atoms with Crippen LogP contribution in [-0.4, -0.2) is 49.1 Å². The lowest BCUT2D eigenvalue weighted by atomic mass is 10.4. The molecule has 0 radical (unpaired) electrons. The van der Waals surface area contributed by atoms with Crippen LogP contribution in [0.15, 0.2) is 4.63 Å². The maximum absolute atomic E-state index is 11.6. The van der Waals surface area contributed by atoms with E-state index in [1.54, 1.807) is 6.92 Å². The first-order valence-electron chi connectivity index (χ1n) is 5.26. The second-order valence-corrected chi connectivity index (χ2v) is 3.79. The van der Waals surface area contributed by atoms with Crippen molar-refractivity contribution in [2.45, 2.75) is 6.92 Å². The number of hydrogen-bond donors (Lipinski definition) is 2. The third kappa shape index (κ3) is 2.77. The van der Waals surface area contributed by atoms with Gasteiger partial charge in [-0.25, -0.2) is 4.63 Å². The molecule has 0 aromatic carbocycles. The van der Waals surface area contributed by atoms with Crippen LogP contribution < -0.4 is 10.2 Å². The first kappa shape index (κ1) is 11.0. The van der Waals surface area contributed by atoms with Crippen LogP contribution in [0, 0.1) is 6.92 Å². The standard InChI is InChI=1S/C9H14N4O3/c1-7-9(12-16-11-7)10-8(14)6-13-2-4-15-5-3-13/h2-6H2,1H3,(H,10,12,14)/p+1. The van der Waals surface area contributed by atoms with E-state index in [-0.39, 0.29) is 5.91 Å². The predicted octanol–water partition coefficient (Wildman–Crippen LogP) is -1.77. The average molecular weight is 227 g/mol. The maximum atomic E-state index is 11.6. The van der Waals surface area contributed by atoms with E-state index in [4.69, 9.17) is 4.74 Å².